The topological polar surface area (TPSA) is 74.6 Å². The fourth-order valence-corrected chi connectivity index (χ4v) is 0.391. The average molecular weight is 266 g/mol. The zero-order valence-electron chi connectivity index (χ0n) is 6.83. The van der Waals surface area contributed by atoms with E-state index in [1.165, 1.54) is 0 Å². The largest absolute Gasteiger partial charge is 1.00 e. The summed E-state index contributed by atoms with van der Waals surface area (Å²) in [4.78, 5) is 19.6. The van der Waals surface area contributed by atoms with Crippen LogP contribution in [-0.4, -0.2) is 22.2 Å². The summed E-state index contributed by atoms with van der Waals surface area (Å²) < 4.78 is 0. The summed E-state index contributed by atoms with van der Waals surface area (Å²) in [5.41, 5.74) is 0. The minimum absolute atomic E-state index is 0. The molecule has 0 aromatic rings. The zero-order valence-corrected chi connectivity index (χ0v) is 12.1. The van der Waals surface area contributed by atoms with Gasteiger partial charge in [-0.3, -0.25) is 9.59 Å². The van der Waals surface area contributed by atoms with Crippen LogP contribution in [0.4, 0.5) is 0 Å². The summed E-state index contributed by atoms with van der Waals surface area (Å²) in [6.45, 7) is 0. The van der Waals surface area contributed by atoms with Crippen LogP contribution >= 0.6 is 0 Å². The van der Waals surface area contributed by atoms with Crippen molar-refractivity contribution in [3.63, 3.8) is 0 Å². The minimum Gasteiger partial charge on any atom is -1.00 e. The van der Waals surface area contributed by atoms with Gasteiger partial charge in [-0.25, -0.2) is 0 Å². The van der Waals surface area contributed by atoms with Gasteiger partial charge >= 0.3 is 80.8 Å². The van der Waals surface area contributed by atoms with Gasteiger partial charge in [-0.2, -0.15) is 0 Å². The minimum atomic E-state index is -0.948. The second kappa shape index (κ2) is 8.09. The van der Waals surface area contributed by atoms with E-state index in [0.717, 1.165) is 0 Å². The van der Waals surface area contributed by atoms with Gasteiger partial charge in [0.05, 0.1) is 0 Å². The van der Waals surface area contributed by atoms with Crippen molar-refractivity contribution < 1.29 is 90.1 Å². The van der Waals surface area contributed by atoms with Gasteiger partial charge in [0.2, 0.25) is 0 Å². The molecular formula is C5H9CsO4. The Morgan fingerprint density at radius 2 is 1.40 bits per heavy atom. The van der Waals surface area contributed by atoms with Crippen LogP contribution in [0.2, 0.25) is 0 Å². The molecule has 0 spiro atoms. The maximum atomic E-state index is 9.79. The van der Waals surface area contributed by atoms with Crippen LogP contribution in [0.25, 0.3) is 0 Å². The van der Waals surface area contributed by atoms with Crippen LogP contribution in [0.1, 0.15) is 20.7 Å². The molecule has 0 aliphatic heterocycles. The van der Waals surface area contributed by atoms with E-state index in [4.69, 9.17) is 10.2 Å². The third-order valence-electron chi connectivity index (χ3n) is 0.781. The third-order valence-corrected chi connectivity index (χ3v) is 0.781. The first-order valence-electron chi connectivity index (χ1n) is 2.56. The summed E-state index contributed by atoms with van der Waals surface area (Å²) >= 11 is 0. The van der Waals surface area contributed by atoms with Gasteiger partial charge in [0, 0.05) is 12.8 Å². The maximum absolute atomic E-state index is 9.79. The van der Waals surface area contributed by atoms with Crippen molar-refractivity contribution in [2.45, 2.75) is 19.3 Å². The average Bonchev–Trinajstić information content (AvgIpc) is 1.63. The van der Waals surface area contributed by atoms with Crippen molar-refractivity contribution in [1.29, 1.82) is 0 Å². The quantitative estimate of drug-likeness (QED) is 0.587. The molecule has 0 bridgehead atoms. The molecule has 0 rings (SSSR count). The molecule has 0 amide bonds. The number of rotatable bonds is 4. The van der Waals surface area contributed by atoms with Gasteiger partial charge in [-0.1, -0.05) is 0 Å². The molecule has 0 radical (unpaired) electrons. The maximum Gasteiger partial charge on any atom is 1.00 e. The van der Waals surface area contributed by atoms with Gasteiger partial charge in [0.15, 0.2) is 0 Å². The number of carbonyl (C=O) groups is 2. The zero-order chi connectivity index (χ0) is 7.28. The van der Waals surface area contributed by atoms with Crippen molar-refractivity contribution in [2.24, 2.45) is 0 Å². The molecule has 0 saturated heterocycles. The molecule has 0 aromatic carbocycles. The van der Waals surface area contributed by atoms with Crippen LogP contribution in [-0.2, 0) is 9.59 Å². The molecule has 5 heteroatoms. The Labute approximate surface area is 119 Å². The molecule has 0 atom stereocenters. The number of hydrogen-bond donors (Lipinski definition) is 2. The van der Waals surface area contributed by atoms with Crippen molar-refractivity contribution in [1.82, 2.24) is 0 Å². The SMILES string of the molecule is O=C(O)CCCC(=O)O.[Cs+].[H-]. The van der Waals surface area contributed by atoms with E-state index in [-0.39, 0.29) is 89.6 Å². The first-order valence-corrected chi connectivity index (χ1v) is 2.56. The monoisotopic (exact) mass is 266 g/mol. The molecule has 0 saturated carbocycles. The van der Waals surface area contributed by atoms with Crippen LogP contribution in [0.15, 0.2) is 0 Å². The number of aliphatic carboxylic acids is 2. The standard InChI is InChI=1S/C5H8O4.Cs.H/c6-4(7)2-1-3-5(8)9;;/h1-3H2,(H,6,7)(H,8,9);;/q;+1;-1. The van der Waals surface area contributed by atoms with Crippen LogP contribution in [0, 0.1) is 0 Å². The fourth-order valence-electron chi connectivity index (χ4n) is 0.391. The van der Waals surface area contributed by atoms with E-state index in [2.05, 4.69) is 0 Å². The van der Waals surface area contributed by atoms with Crippen LogP contribution < -0.4 is 68.9 Å². The van der Waals surface area contributed by atoms with E-state index in [9.17, 15) is 9.59 Å². The van der Waals surface area contributed by atoms with Gasteiger partial charge < -0.3 is 11.6 Å². The predicted octanol–water partition coefficient (Wildman–Crippen LogP) is -2.56. The molecule has 2 N–H and O–H groups in total. The molecule has 0 aliphatic carbocycles. The molecular weight excluding hydrogens is 257 g/mol. The molecule has 0 fully saturated rings. The van der Waals surface area contributed by atoms with E-state index in [1.54, 1.807) is 0 Å². The Kier molecular flexibility index (Phi) is 11.0. The van der Waals surface area contributed by atoms with Crippen molar-refractivity contribution in [3.8, 4) is 0 Å². The first kappa shape index (κ1) is 13.6. The Bertz CT molecular complexity index is 114. The second-order valence-electron chi connectivity index (χ2n) is 1.64. The number of hydrogen-bond acceptors (Lipinski definition) is 2. The number of carboxylic acids is 2. The molecule has 0 heterocycles. The molecule has 0 unspecified atom stereocenters. The Hall–Kier alpha value is 0.992. The molecule has 0 aliphatic rings. The van der Waals surface area contributed by atoms with Gasteiger partial charge in [0.1, 0.15) is 0 Å². The Balaban J connectivity index is -0.000000320. The fraction of sp³-hybridized carbons (Fsp3) is 0.600. The van der Waals surface area contributed by atoms with Crippen LogP contribution in [0.5, 0.6) is 0 Å². The molecule has 10 heavy (non-hydrogen) atoms. The van der Waals surface area contributed by atoms with E-state index < -0.39 is 11.9 Å². The predicted molar refractivity (Wildman–Crippen MR) is 30.2 cm³/mol. The Morgan fingerprint density at radius 3 is 1.60 bits per heavy atom. The van der Waals surface area contributed by atoms with E-state index in [1.807, 2.05) is 0 Å². The van der Waals surface area contributed by atoms with Crippen LogP contribution in [0.3, 0.4) is 0 Å². The normalized spacial score (nSPS) is 8.00. The summed E-state index contributed by atoms with van der Waals surface area (Å²) in [5, 5.41) is 16.1. The van der Waals surface area contributed by atoms with E-state index >= 15 is 0 Å². The van der Waals surface area contributed by atoms with Gasteiger partial charge in [-0.05, 0) is 6.42 Å². The third kappa shape index (κ3) is 11.7. The summed E-state index contributed by atoms with van der Waals surface area (Å²) in [6.07, 6.45) is 0.0866. The van der Waals surface area contributed by atoms with Crippen molar-refractivity contribution in [2.75, 3.05) is 0 Å². The van der Waals surface area contributed by atoms with E-state index in [0.29, 0.717) is 0 Å². The molecule has 4 nitrogen and oxygen atoms in total. The summed E-state index contributed by atoms with van der Waals surface area (Å²) in [5.74, 6) is -1.90. The smallest absolute Gasteiger partial charge is 1.00 e. The van der Waals surface area contributed by atoms with Gasteiger partial charge in [-0.15, -0.1) is 0 Å². The molecule has 0 aromatic heterocycles. The van der Waals surface area contributed by atoms with Gasteiger partial charge in [0.25, 0.3) is 0 Å². The second-order valence-corrected chi connectivity index (χ2v) is 1.64. The summed E-state index contributed by atoms with van der Waals surface area (Å²) in [6, 6.07) is 0. The van der Waals surface area contributed by atoms with Crippen molar-refractivity contribution in [3.05, 3.63) is 0 Å². The molecule has 54 valence electrons. The van der Waals surface area contributed by atoms with Crippen molar-refractivity contribution >= 4 is 11.9 Å². The number of carboxylic acid groups (broad SMARTS) is 2. The Morgan fingerprint density at radius 1 is 1.10 bits per heavy atom. The summed E-state index contributed by atoms with van der Waals surface area (Å²) in [7, 11) is 0. The first-order chi connectivity index (χ1) is 4.13.